The first kappa shape index (κ1) is 11.8. The van der Waals surface area contributed by atoms with Crippen molar-refractivity contribution in [3.05, 3.63) is 29.3 Å². The van der Waals surface area contributed by atoms with Gasteiger partial charge in [-0.2, -0.15) is 13.2 Å². The molecule has 1 rings (SSSR count). The van der Waals surface area contributed by atoms with Gasteiger partial charge in [-0.15, -0.1) is 0 Å². The van der Waals surface area contributed by atoms with E-state index in [1.807, 2.05) is 0 Å². The number of rotatable bonds is 3. The van der Waals surface area contributed by atoms with Crippen molar-refractivity contribution >= 4 is 0 Å². The Kier molecular flexibility index (Phi) is 3.57. The Bertz CT molecular complexity index is 334. The van der Waals surface area contributed by atoms with Gasteiger partial charge in [-0.25, -0.2) is 0 Å². The fourth-order valence-corrected chi connectivity index (χ4v) is 1.12. The van der Waals surface area contributed by atoms with Gasteiger partial charge in [0.25, 0.3) is 0 Å². The summed E-state index contributed by atoms with van der Waals surface area (Å²) in [5, 5.41) is 0. The molecular weight excluding hydrogens is 209 g/mol. The van der Waals surface area contributed by atoms with Crippen molar-refractivity contribution < 1.29 is 22.6 Å². The largest absolute Gasteiger partial charge is 0.468 e. The van der Waals surface area contributed by atoms with E-state index in [0.717, 1.165) is 12.1 Å². The lowest BCUT2D eigenvalue weighted by Gasteiger charge is -2.11. The van der Waals surface area contributed by atoms with Crippen LogP contribution in [0, 0.1) is 6.92 Å². The monoisotopic (exact) mass is 220 g/mol. The molecule has 0 aliphatic rings. The highest BCUT2D eigenvalue weighted by Gasteiger charge is 2.31. The molecule has 0 unspecified atom stereocenters. The molecule has 0 spiro atoms. The fraction of sp³-hybridized carbons (Fsp3) is 0.400. The van der Waals surface area contributed by atoms with Gasteiger partial charge in [-0.05, 0) is 30.7 Å². The average molecular weight is 220 g/mol. The molecule has 0 N–H and O–H groups in total. The van der Waals surface area contributed by atoms with Crippen molar-refractivity contribution in [3.8, 4) is 5.75 Å². The number of benzene rings is 1. The van der Waals surface area contributed by atoms with Gasteiger partial charge in [-0.1, -0.05) is 0 Å². The molecule has 84 valence electrons. The number of aryl methyl sites for hydroxylation is 1. The highest BCUT2D eigenvalue weighted by molar-refractivity contribution is 5.35. The normalized spacial score (nSPS) is 11.5. The molecule has 0 fully saturated rings. The van der Waals surface area contributed by atoms with Gasteiger partial charge in [0.15, 0.2) is 6.79 Å². The quantitative estimate of drug-likeness (QED) is 0.729. The Morgan fingerprint density at radius 2 is 1.87 bits per heavy atom. The molecule has 0 aliphatic carbocycles. The Morgan fingerprint density at radius 3 is 2.40 bits per heavy atom. The van der Waals surface area contributed by atoms with Gasteiger partial charge in [0, 0.05) is 7.11 Å². The third-order valence-electron chi connectivity index (χ3n) is 1.72. The van der Waals surface area contributed by atoms with Gasteiger partial charge in [0.05, 0.1) is 5.56 Å². The summed E-state index contributed by atoms with van der Waals surface area (Å²) in [4.78, 5) is 0. The van der Waals surface area contributed by atoms with Crippen LogP contribution in [0.1, 0.15) is 11.1 Å². The van der Waals surface area contributed by atoms with Crippen LogP contribution in [0.15, 0.2) is 18.2 Å². The highest BCUT2D eigenvalue weighted by atomic mass is 19.4. The second-order valence-corrected chi connectivity index (χ2v) is 3.08. The molecule has 0 aliphatic heterocycles. The minimum atomic E-state index is -4.35. The van der Waals surface area contributed by atoms with Crippen LogP contribution >= 0.6 is 0 Å². The van der Waals surface area contributed by atoms with Crippen molar-refractivity contribution in [3.63, 3.8) is 0 Å². The predicted octanol–water partition coefficient (Wildman–Crippen LogP) is 3.00. The van der Waals surface area contributed by atoms with Crippen LogP contribution in [-0.4, -0.2) is 13.9 Å². The van der Waals surface area contributed by atoms with Crippen LogP contribution in [0.4, 0.5) is 13.2 Å². The minimum absolute atomic E-state index is 0.0687. The van der Waals surface area contributed by atoms with Gasteiger partial charge in [-0.3, -0.25) is 0 Å². The summed E-state index contributed by atoms with van der Waals surface area (Å²) in [6.07, 6.45) is -4.35. The highest BCUT2D eigenvalue weighted by Crippen LogP contribution is 2.32. The smallest absolute Gasteiger partial charge is 0.416 e. The van der Waals surface area contributed by atoms with E-state index in [4.69, 9.17) is 4.74 Å². The molecule has 0 atom stereocenters. The van der Waals surface area contributed by atoms with Crippen LogP contribution in [0.5, 0.6) is 5.75 Å². The number of alkyl halides is 3. The molecule has 0 saturated carbocycles. The van der Waals surface area contributed by atoms with Crippen molar-refractivity contribution in [2.45, 2.75) is 13.1 Å². The maximum atomic E-state index is 12.4. The number of hydrogen-bond acceptors (Lipinski definition) is 2. The predicted molar refractivity (Wildman–Crippen MR) is 48.7 cm³/mol. The summed E-state index contributed by atoms with van der Waals surface area (Å²) in [6, 6.07) is 3.54. The Balaban J connectivity index is 2.95. The SMILES string of the molecule is COCOc1cc(C)cc(C(F)(F)F)c1. The van der Waals surface area contributed by atoms with Crippen LogP contribution in [-0.2, 0) is 10.9 Å². The maximum absolute atomic E-state index is 12.4. The maximum Gasteiger partial charge on any atom is 0.416 e. The Morgan fingerprint density at radius 1 is 1.20 bits per heavy atom. The van der Waals surface area contributed by atoms with Gasteiger partial charge in [0.2, 0.25) is 0 Å². The summed E-state index contributed by atoms with van der Waals surface area (Å²) in [5.74, 6) is 0.157. The van der Waals surface area contributed by atoms with Crippen LogP contribution in [0.25, 0.3) is 0 Å². The molecule has 0 amide bonds. The van der Waals surface area contributed by atoms with Crippen LogP contribution < -0.4 is 4.74 Å². The molecule has 0 aromatic heterocycles. The summed E-state index contributed by atoms with van der Waals surface area (Å²) < 4.78 is 46.7. The zero-order chi connectivity index (χ0) is 11.5. The Hall–Kier alpha value is -1.23. The van der Waals surface area contributed by atoms with Crippen LogP contribution in [0.2, 0.25) is 0 Å². The van der Waals surface area contributed by atoms with Crippen LogP contribution in [0.3, 0.4) is 0 Å². The second kappa shape index (κ2) is 4.53. The van der Waals surface area contributed by atoms with E-state index in [2.05, 4.69) is 4.74 Å². The lowest BCUT2D eigenvalue weighted by Crippen LogP contribution is -2.06. The van der Waals surface area contributed by atoms with E-state index in [9.17, 15) is 13.2 Å². The molecule has 1 aromatic carbocycles. The van der Waals surface area contributed by atoms with Gasteiger partial charge in [0.1, 0.15) is 5.75 Å². The summed E-state index contributed by atoms with van der Waals surface area (Å²) in [5.41, 5.74) is -0.218. The molecule has 0 bridgehead atoms. The molecule has 0 saturated heterocycles. The zero-order valence-electron chi connectivity index (χ0n) is 8.39. The third kappa shape index (κ3) is 3.43. The van der Waals surface area contributed by atoms with Crippen molar-refractivity contribution in [2.24, 2.45) is 0 Å². The van der Waals surface area contributed by atoms with Crippen molar-refractivity contribution in [2.75, 3.05) is 13.9 Å². The number of methoxy groups -OCH3 is 1. The second-order valence-electron chi connectivity index (χ2n) is 3.08. The standard InChI is InChI=1S/C10H11F3O2/c1-7-3-8(10(11,12)13)5-9(4-7)15-6-14-2/h3-5H,6H2,1-2H3. The molecule has 2 nitrogen and oxygen atoms in total. The van der Waals surface area contributed by atoms with E-state index in [1.165, 1.54) is 13.2 Å². The summed E-state index contributed by atoms with van der Waals surface area (Å²) in [7, 11) is 1.40. The van der Waals surface area contributed by atoms with E-state index >= 15 is 0 Å². The molecule has 0 heterocycles. The lowest BCUT2D eigenvalue weighted by molar-refractivity contribution is -0.137. The van der Waals surface area contributed by atoms with Crippen molar-refractivity contribution in [1.82, 2.24) is 0 Å². The van der Waals surface area contributed by atoms with Gasteiger partial charge >= 0.3 is 6.18 Å². The molecular formula is C10H11F3O2. The minimum Gasteiger partial charge on any atom is -0.468 e. The number of ether oxygens (including phenoxy) is 2. The molecule has 15 heavy (non-hydrogen) atoms. The van der Waals surface area contributed by atoms with E-state index < -0.39 is 11.7 Å². The van der Waals surface area contributed by atoms with Crippen molar-refractivity contribution in [1.29, 1.82) is 0 Å². The first-order valence-electron chi connectivity index (χ1n) is 4.24. The van der Waals surface area contributed by atoms with E-state index in [-0.39, 0.29) is 12.5 Å². The summed E-state index contributed by atoms with van der Waals surface area (Å²) >= 11 is 0. The number of hydrogen-bond donors (Lipinski definition) is 0. The topological polar surface area (TPSA) is 18.5 Å². The zero-order valence-corrected chi connectivity index (χ0v) is 8.39. The number of halogens is 3. The molecule has 0 radical (unpaired) electrons. The lowest BCUT2D eigenvalue weighted by atomic mass is 10.1. The molecule has 5 heteroatoms. The van der Waals surface area contributed by atoms with E-state index in [1.54, 1.807) is 6.92 Å². The summed E-state index contributed by atoms with van der Waals surface area (Å²) in [6.45, 7) is 1.51. The first-order valence-corrected chi connectivity index (χ1v) is 4.24. The van der Waals surface area contributed by atoms with Gasteiger partial charge < -0.3 is 9.47 Å². The third-order valence-corrected chi connectivity index (χ3v) is 1.72. The molecule has 1 aromatic rings. The Labute approximate surface area is 85.6 Å². The average Bonchev–Trinajstić information content (AvgIpc) is 2.12. The first-order chi connectivity index (χ1) is 6.93. The fourth-order valence-electron chi connectivity index (χ4n) is 1.12. The van der Waals surface area contributed by atoms with E-state index in [0.29, 0.717) is 5.56 Å².